The number of thiophene rings is 2. The van der Waals surface area contributed by atoms with Gasteiger partial charge in [0.2, 0.25) is 11.8 Å². The standard InChI is InChI=1S/C25H22N2O2S2/c28-24(16-22-3-1-13-30-22)26-20-9-5-18(6-10-20)15-19-7-11-21(12-8-19)27-25(29)17-23-4-2-14-31-23/h1-14H,15-17H2,(H,26,28)(H,27,29). The van der Waals surface area contributed by atoms with Gasteiger partial charge < -0.3 is 10.6 Å². The van der Waals surface area contributed by atoms with E-state index in [1.54, 1.807) is 22.7 Å². The third kappa shape index (κ3) is 6.38. The molecule has 0 spiro atoms. The maximum Gasteiger partial charge on any atom is 0.229 e. The maximum absolute atomic E-state index is 12.1. The minimum absolute atomic E-state index is 0.00749. The van der Waals surface area contributed by atoms with E-state index in [1.165, 1.54) is 0 Å². The van der Waals surface area contributed by atoms with E-state index in [2.05, 4.69) is 10.6 Å². The second-order valence-electron chi connectivity index (χ2n) is 7.18. The van der Waals surface area contributed by atoms with Crippen molar-refractivity contribution in [2.75, 3.05) is 10.6 Å². The van der Waals surface area contributed by atoms with Crippen molar-refractivity contribution in [3.8, 4) is 0 Å². The molecular weight excluding hydrogens is 424 g/mol. The molecule has 2 N–H and O–H groups in total. The minimum Gasteiger partial charge on any atom is -0.326 e. The molecule has 0 aliphatic heterocycles. The molecule has 2 heterocycles. The van der Waals surface area contributed by atoms with E-state index < -0.39 is 0 Å². The highest BCUT2D eigenvalue weighted by atomic mass is 32.1. The van der Waals surface area contributed by atoms with Crippen LogP contribution in [0.3, 0.4) is 0 Å². The van der Waals surface area contributed by atoms with Gasteiger partial charge in [-0.15, -0.1) is 22.7 Å². The van der Waals surface area contributed by atoms with Crippen molar-refractivity contribution in [3.63, 3.8) is 0 Å². The summed E-state index contributed by atoms with van der Waals surface area (Å²) in [5.74, 6) is -0.0150. The Morgan fingerprint density at radius 1 is 0.613 bits per heavy atom. The monoisotopic (exact) mass is 446 g/mol. The summed E-state index contributed by atoms with van der Waals surface area (Å²) < 4.78 is 0. The first-order chi connectivity index (χ1) is 15.1. The lowest BCUT2D eigenvalue weighted by molar-refractivity contribution is -0.116. The lowest BCUT2D eigenvalue weighted by atomic mass is 10.0. The molecule has 0 unspecified atom stereocenters. The molecule has 0 saturated heterocycles. The first kappa shape index (κ1) is 21.0. The predicted molar refractivity (Wildman–Crippen MR) is 129 cm³/mol. The molecule has 6 heteroatoms. The van der Waals surface area contributed by atoms with Gasteiger partial charge in [0.25, 0.3) is 0 Å². The van der Waals surface area contributed by atoms with Crippen LogP contribution < -0.4 is 10.6 Å². The molecule has 31 heavy (non-hydrogen) atoms. The van der Waals surface area contributed by atoms with Gasteiger partial charge in [-0.3, -0.25) is 9.59 Å². The van der Waals surface area contributed by atoms with E-state index >= 15 is 0 Å². The molecule has 0 atom stereocenters. The average Bonchev–Trinajstić information content (AvgIpc) is 3.45. The molecule has 156 valence electrons. The molecule has 4 rings (SSSR count). The van der Waals surface area contributed by atoms with Crippen molar-refractivity contribution in [1.82, 2.24) is 0 Å². The van der Waals surface area contributed by atoms with Gasteiger partial charge in [-0.25, -0.2) is 0 Å². The molecule has 0 aliphatic carbocycles. The summed E-state index contributed by atoms with van der Waals surface area (Å²) in [5, 5.41) is 9.83. The van der Waals surface area contributed by atoms with Crippen LogP contribution in [0.4, 0.5) is 11.4 Å². The fraction of sp³-hybridized carbons (Fsp3) is 0.120. The predicted octanol–water partition coefficient (Wildman–Crippen LogP) is 5.76. The third-order valence-electron chi connectivity index (χ3n) is 4.71. The summed E-state index contributed by atoms with van der Waals surface area (Å²) in [7, 11) is 0. The number of nitrogens with one attached hydrogen (secondary N) is 2. The Kier molecular flexibility index (Phi) is 6.92. The number of benzene rings is 2. The first-order valence-corrected chi connectivity index (χ1v) is 11.7. The Morgan fingerprint density at radius 3 is 1.39 bits per heavy atom. The van der Waals surface area contributed by atoms with Gasteiger partial charge in [-0.2, -0.15) is 0 Å². The second-order valence-corrected chi connectivity index (χ2v) is 9.24. The molecule has 4 nitrogen and oxygen atoms in total. The van der Waals surface area contributed by atoms with Crippen LogP contribution in [0.5, 0.6) is 0 Å². The number of carbonyl (C=O) groups excluding carboxylic acids is 2. The summed E-state index contributed by atoms with van der Waals surface area (Å²) in [6.07, 6.45) is 1.58. The first-order valence-electron chi connectivity index (χ1n) is 9.96. The number of hydrogen-bond acceptors (Lipinski definition) is 4. The zero-order valence-electron chi connectivity index (χ0n) is 16.8. The van der Waals surface area contributed by atoms with Crippen LogP contribution in [0.15, 0.2) is 83.6 Å². The highest BCUT2D eigenvalue weighted by Gasteiger charge is 2.07. The van der Waals surface area contributed by atoms with Crippen LogP contribution in [0.1, 0.15) is 20.9 Å². The number of hydrogen-bond donors (Lipinski definition) is 2. The molecule has 0 bridgehead atoms. The van der Waals surface area contributed by atoms with Crippen LogP contribution in [0.2, 0.25) is 0 Å². The molecule has 2 aromatic heterocycles. The Morgan fingerprint density at radius 2 is 1.03 bits per heavy atom. The van der Waals surface area contributed by atoms with E-state index in [1.807, 2.05) is 83.6 Å². The Balaban J connectivity index is 1.27. The molecule has 0 radical (unpaired) electrons. The fourth-order valence-corrected chi connectivity index (χ4v) is 4.61. The summed E-state index contributed by atoms with van der Waals surface area (Å²) in [5.41, 5.74) is 3.92. The van der Waals surface area contributed by atoms with Crippen molar-refractivity contribution in [2.24, 2.45) is 0 Å². The Hall–Kier alpha value is -3.22. The van der Waals surface area contributed by atoms with E-state index in [4.69, 9.17) is 0 Å². The lowest BCUT2D eigenvalue weighted by Gasteiger charge is -2.08. The highest BCUT2D eigenvalue weighted by molar-refractivity contribution is 7.10. The molecule has 0 fully saturated rings. The van der Waals surface area contributed by atoms with E-state index in [-0.39, 0.29) is 11.8 Å². The fourth-order valence-electron chi connectivity index (χ4n) is 3.20. The van der Waals surface area contributed by atoms with E-state index in [9.17, 15) is 9.59 Å². The van der Waals surface area contributed by atoms with Crippen molar-refractivity contribution in [3.05, 3.63) is 104 Å². The van der Waals surface area contributed by atoms with Gasteiger partial charge in [0, 0.05) is 21.1 Å². The topological polar surface area (TPSA) is 58.2 Å². The number of carbonyl (C=O) groups is 2. The minimum atomic E-state index is -0.00749. The largest absolute Gasteiger partial charge is 0.326 e. The van der Waals surface area contributed by atoms with E-state index in [0.717, 1.165) is 38.7 Å². The molecular formula is C25H22N2O2S2. The van der Waals surface area contributed by atoms with Gasteiger partial charge in [0.1, 0.15) is 0 Å². The Bertz CT molecular complexity index is 1030. The second kappa shape index (κ2) is 10.2. The van der Waals surface area contributed by atoms with Gasteiger partial charge in [0.15, 0.2) is 0 Å². The normalized spacial score (nSPS) is 10.6. The van der Waals surface area contributed by atoms with Crippen LogP contribution in [-0.2, 0) is 28.9 Å². The molecule has 2 aromatic carbocycles. The van der Waals surface area contributed by atoms with Crippen molar-refractivity contribution < 1.29 is 9.59 Å². The van der Waals surface area contributed by atoms with Gasteiger partial charge in [-0.1, -0.05) is 36.4 Å². The van der Waals surface area contributed by atoms with Gasteiger partial charge in [0.05, 0.1) is 12.8 Å². The van der Waals surface area contributed by atoms with Gasteiger partial charge >= 0.3 is 0 Å². The lowest BCUT2D eigenvalue weighted by Crippen LogP contribution is -2.13. The van der Waals surface area contributed by atoms with Crippen LogP contribution in [-0.4, -0.2) is 11.8 Å². The number of amides is 2. The number of anilines is 2. The summed E-state index contributed by atoms with van der Waals surface area (Å²) in [4.78, 5) is 26.3. The van der Waals surface area contributed by atoms with Crippen molar-refractivity contribution >= 4 is 45.9 Å². The SMILES string of the molecule is O=C(Cc1cccs1)Nc1ccc(Cc2ccc(NC(=O)Cc3cccs3)cc2)cc1. The maximum atomic E-state index is 12.1. The average molecular weight is 447 g/mol. The molecule has 0 aliphatic rings. The molecule has 0 saturated carbocycles. The molecule has 2 amide bonds. The van der Waals surface area contributed by atoms with E-state index in [0.29, 0.717) is 12.8 Å². The summed E-state index contributed by atoms with van der Waals surface area (Å²) >= 11 is 3.17. The Labute approximate surface area is 189 Å². The van der Waals surface area contributed by atoms with Gasteiger partial charge in [-0.05, 0) is 64.7 Å². The zero-order chi connectivity index (χ0) is 21.5. The van der Waals surface area contributed by atoms with Crippen LogP contribution >= 0.6 is 22.7 Å². The summed E-state index contributed by atoms with van der Waals surface area (Å²) in [6, 6.07) is 23.7. The quantitative estimate of drug-likeness (QED) is 0.361. The van der Waals surface area contributed by atoms with Crippen molar-refractivity contribution in [1.29, 1.82) is 0 Å². The number of rotatable bonds is 8. The third-order valence-corrected chi connectivity index (χ3v) is 6.47. The summed E-state index contributed by atoms with van der Waals surface area (Å²) in [6.45, 7) is 0. The van der Waals surface area contributed by atoms with Crippen LogP contribution in [0.25, 0.3) is 0 Å². The zero-order valence-corrected chi connectivity index (χ0v) is 18.5. The molecule has 4 aromatic rings. The van der Waals surface area contributed by atoms with Crippen molar-refractivity contribution in [2.45, 2.75) is 19.3 Å². The van der Waals surface area contributed by atoms with Crippen LogP contribution in [0, 0.1) is 0 Å². The smallest absolute Gasteiger partial charge is 0.229 e. The highest BCUT2D eigenvalue weighted by Crippen LogP contribution is 2.17.